The van der Waals surface area contributed by atoms with Crippen LogP contribution in [0.25, 0.3) is 10.1 Å². The first kappa shape index (κ1) is 10.6. The summed E-state index contributed by atoms with van der Waals surface area (Å²) in [5.41, 5.74) is 5.55. The summed E-state index contributed by atoms with van der Waals surface area (Å²) < 4.78 is 1.36. The highest BCUT2D eigenvalue weighted by Crippen LogP contribution is 2.24. The van der Waals surface area contributed by atoms with E-state index in [1.54, 1.807) is 0 Å². The molecule has 1 aromatic heterocycles. The standard InChI is InChI=1S/C12H16N2S/c1-9(7-13)14-8-11-6-10-4-2-3-5-12(10)15-11/h2-6,9,14H,7-8,13H2,1H3. The lowest BCUT2D eigenvalue weighted by molar-refractivity contribution is 0.560. The van der Waals surface area contributed by atoms with E-state index in [2.05, 4.69) is 42.6 Å². The molecule has 80 valence electrons. The van der Waals surface area contributed by atoms with E-state index < -0.39 is 0 Å². The summed E-state index contributed by atoms with van der Waals surface area (Å²) in [6.45, 7) is 3.70. The van der Waals surface area contributed by atoms with Gasteiger partial charge in [-0.3, -0.25) is 0 Å². The van der Waals surface area contributed by atoms with E-state index in [0.29, 0.717) is 12.6 Å². The molecule has 2 rings (SSSR count). The molecule has 1 atom stereocenters. The first-order valence-electron chi connectivity index (χ1n) is 5.20. The molecular formula is C12H16N2S. The minimum atomic E-state index is 0.384. The smallest absolute Gasteiger partial charge is 0.0346 e. The van der Waals surface area contributed by atoms with E-state index in [4.69, 9.17) is 5.73 Å². The van der Waals surface area contributed by atoms with E-state index in [0.717, 1.165) is 6.54 Å². The van der Waals surface area contributed by atoms with Gasteiger partial charge in [-0.25, -0.2) is 0 Å². The van der Waals surface area contributed by atoms with Crippen molar-refractivity contribution in [3.8, 4) is 0 Å². The molecule has 0 saturated carbocycles. The van der Waals surface area contributed by atoms with Crippen LogP contribution in [-0.4, -0.2) is 12.6 Å². The fourth-order valence-electron chi connectivity index (χ4n) is 1.48. The Labute approximate surface area is 94.1 Å². The molecule has 0 saturated heterocycles. The largest absolute Gasteiger partial charge is 0.329 e. The van der Waals surface area contributed by atoms with Crippen LogP contribution in [0.4, 0.5) is 0 Å². The molecule has 1 unspecified atom stereocenters. The molecule has 0 aliphatic carbocycles. The van der Waals surface area contributed by atoms with Crippen LogP contribution in [0.1, 0.15) is 11.8 Å². The van der Waals surface area contributed by atoms with Crippen LogP contribution >= 0.6 is 11.3 Å². The Hall–Kier alpha value is -0.900. The minimum Gasteiger partial charge on any atom is -0.329 e. The molecule has 3 heteroatoms. The average Bonchev–Trinajstić information content (AvgIpc) is 2.68. The number of nitrogens with one attached hydrogen (secondary N) is 1. The number of fused-ring (bicyclic) bond motifs is 1. The average molecular weight is 220 g/mol. The molecule has 2 nitrogen and oxygen atoms in total. The Balaban J connectivity index is 2.09. The molecule has 0 bridgehead atoms. The van der Waals surface area contributed by atoms with Gasteiger partial charge in [0, 0.05) is 28.7 Å². The second kappa shape index (κ2) is 4.75. The molecular weight excluding hydrogens is 204 g/mol. The van der Waals surface area contributed by atoms with Gasteiger partial charge in [-0.1, -0.05) is 18.2 Å². The van der Waals surface area contributed by atoms with Gasteiger partial charge < -0.3 is 11.1 Å². The number of hydrogen-bond donors (Lipinski definition) is 2. The molecule has 0 amide bonds. The maximum atomic E-state index is 5.55. The quantitative estimate of drug-likeness (QED) is 0.830. The normalized spacial score (nSPS) is 13.2. The summed E-state index contributed by atoms with van der Waals surface area (Å²) in [5.74, 6) is 0. The Kier molecular flexibility index (Phi) is 3.36. The van der Waals surface area contributed by atoms with Gasteiger partial charge in [-0.2, -0.15) is 0 Å². The summed E-state index contributed by atoms with van der Waals surface area (Å²) in [6, 6.07) is 11.1. The molecule has 15 heavy (non-hydrogen) atoms. The topological polar surface area (TPSA) is 38.0 Å². The molecule has 1 heterocycles. The first-order chi connectivity index (χ1) is 7.29. The zero-order valence-electron chi connectivity index (χ0n) is 8.86. The lowest BCUT2D eigenvalue weighted by Crippen LogP contribution is -2.32. The Morgan fingerprint density at radius 2 is 2.20 bits per heavy atom. The van der Waals surface area contributed by atoms with Crippen molar-refractivity contribution >= 4 is 21.4 Å². The van der Waals surface area contributed by atoms with Crippen LogP contribution in [0.3, 0.4) is 0 Å². The predicted molar refractivity (Wildman–Crippen MR) is 67.2 cm³/mol. The highest BCUT2D eigenvalue weighted by atomic mass is 32.1. The maximum absolute atomic E-state index is 5.55. The lowest BCUT2D eigenvalue weighted by Gasteiger charge is -2.08. The number of benzene rings is 1. The zero-order valence-corrected chi connectivity index (χ0v) is 9.68. The summed E-state index contributed by atoms with van der Waals surface area (Å²) in [7, 11) is 0. The van der Waals surface area contributed by atoms with E-state index in [-0.39, 0.29) is 0 Å². The van der Waals surface area contributed by atoms with Gasteiger partial charge in [0.05, 0.1) is 0 Å². The van der Waals surface area contributed by atoms with E-state index in [9.17, 15) is 0 Å². The van der Waals surface area contributed by atoms with Gasteiger partial charge in [0.1, 0.15) is 0 Å². The molecule has 2 aromatic rings. The third kappa shape index (κ3) is 2.56. The summed E-state index contributed by atoms with van der Waals surface area (Å²) in [6.07, 6.45) is 0. The van der Waals surface area contributed by atoms with Gasteiger partial charge in [-0.05, 0) is 24.4 Å². The molecule has 0 aliphatic heterocycles. The highest BCUT2D eigenvalue weighted by molar-refractivity contribution is 7.19. The fraction of sp³-hybridized carbons (Fsp3) is 0.333. The van der Waals surface area contributed by atoms with Crippen LogP contribution in [0, 0.1) is 0 Å². The van der Waals surface area contributed by atoms with Gasteiger partial charge in [0.2, 0.25) is 0 Å². The van der Waals surface area contributed by atoms with Gasteiger partial charge in [-0.15, -0.1) is 11.3 Å². The van der Waals surface area contributed by atoms with Crippen molar-refractivity contribution in [2.75, 3.05) is 6.54 Å². The van der Waals surface area contributed by atoms with E-state index in [1.165, 1.54) is 15.0 Å². The number of nitrogens with two attached hydrogens (primary N) is 1. The second-order valence-electron chi connectivity index (χ2n) is 3.77. The molecule has 0 radical (unpaired) electrons. The van der Waals surface area contributed by atoms with Crippen molar-refractivity contribution in [1.29, 1.82) is 0 Å². The predicted octanol–water partition coefficient (Wildman–Crippen LogP) is 2.34. The van der Waals surface area contributed by atoms with Crippen LogP contribution in [0.15, 0.2) is 30.3 Å². The first-order valence-corrected chi connectivity index (χ1v) is 6.02. The molecule has 0 fully saturated rings. The molecule has 0 aliphatic rings. The van der Waals surface area contributed by atoms with Crippen molar-refractivity contribution in [3.63, 3.8) is 0 Å². The summed E-state index contributed by atoms with van der Waals surface area (Å²) in [5, 5.41) is 4.73. The van der Waals surface area contributed by atoms with Crippen LogP contribution in [-0.2, 0) is 6.54 Å². The molecule has 1 aromatic carbocycles. The third-order valence-electron chi connectivity index (χ3n) is 2.45. The van der Waals surface area contributed by atoms with Crippen molar-refractivity contribution < 1.29 is 0 Å². The zero-order chi connectivity index (χ0) is 10.7. The van der Waals surface area contributed by atoms with Crippen molar-refractivity contribution in [3.05, 3.63) is 35.2 Å². The van der Waals surface area contributed by atoms with Gasteiger partial charge >= 0.3 is 0 Å². The highest BCUT2D eigenvalue weighted by Gasteiger charge is 2.02. The Morgan fingerprint density at radius 3 is 2.93 bits per heavy atom. The minimum absolute atomic E-state index is 0.384. The maximum Gasteiger partial charge on any atom is 0.0346 e. The van der Waals surface area contributed by atoms with Crippen molar-refractivity contribution in [1.82, 2.24) is 5.32 Å². The fourth-order valence-corrected chi connectivity index (χ4v) is 2.50. The number of rotatable bonds is 4. The SMILES string of the molecule is CC(CN)NCc1cc2ccccc2s1. The number of thiophene rings is 1. The van der Waals surface area contributed by atoms with Crippen LogP contribution in [0.5, 0.6) is 0 Å². The second-order valence-corrected chi connectivity index (χ2v) is 4.94. The van der Waals surface area contributed by atoms with Crippen LogP contribution < -0.4 is 11.1 Å². The Morgan fingerprint density at radius 1 is 1.40 bits per heavy atom. The van der Waals surface area contributed by atoms with Crippen molar-refractivity contribution in [2.24, 2.45) is 5.73 Å². The van der Waals surface area contributed by atoms with E-state index >= 15 is 0 Å². The summed E-state index contributed by atoms with van der Waals surface area (Å²) >= 11 is 1.85. The van der Waals surface area contributed by atoms with Crippen LogP contribution in [0.2, 0.25) is 0 Å². The van der Waals surface area contributed by atoms with Gasteiger partial charge in [0.15, 0.2) is 0 Å². The molecule has 0 spiro atoms. The number of hydrogen-bond acceptors (Lipinski definition) is 3. The summed E-state index contributed by atoms with van der Waals surface area (Å²) in [4.78, 5) is 1.37. The van der Waals surface area contributed by atoms with Gasteiger partial charge in [0.25, 0.3) is 0 Å². The van der Waals surface area contributed by atoms with Crippen molar-refractivity contribution in [2.45, 2.75) is 19.5 Å². The Bertz CT molecular complexity index is 403. The molecule has 3 N–H and O–H groups in total. The van der Waals surface area contributed by atoms with E-state index in [1.807, 2.05) is 11.3 Å². The third-order valence-corrected chi connectivity index (χ3v) is 3.57. The monoisotopic (exact) mass is 220 g/mol. The lowest BCUT2D eigenvalue weighted by atomic mass is 10.2.